The quantitative estimate of drug-likeness (QED) is 0.636. The van der Waals surface area contributed by atoms with Crippen LogP contribution in [-0.4, -0.2) is 35.7 Å². The molecule has 1 aliphatic heterocycles. The summed E-state index contributed by atoms with van der Waals surface area (Å²) < 4.78 is 8.07. The minimum atomic E-state index is 0.494. The van der Waals surface area contributed by atoms with Gasteiger partial charge in [0.05, 0.1) is 18.8 Å². The Morgan fingerprint density at radius 3 is 3.04 bits per heavy atom. The van der Waals surface area contributed by atoms with Crippen LogP contribution in [0.5, 0.6) is 0 Å². The van der Waals surface area contributed by atoms with E-state index < -0.39 is 0 Å². The van der Waals surface area contributed by atoms with Gasteiger partial charge in [0.2, 0.25) is 0 Å². The third-order valence-corrected chi connectivity index (χ3v) is 5.93. The molecule has 1 saturated heterocycles. The van der Waals surface area contributed by atoms with E-state index in [9.17, 15) is 0 Å². The van der Waals surface area contributed by atoms with Crippen LogP contribution in [0.4, 0.5) is 0 Å². The van der Waals surface area contributed by atoms with Crippen molar-refractivity contribution < 1.29 is 4.74 Å². The van der Waals surface area contributed by atoms with Crippen molar-refractivity contribution in [2.75, 3.05) is 20.2 Å². The van der Waals surface area contributed by atoms with Crippen LogP contribution in [0.2, 0.25) is 0 Å². The molecule has 0 amide bonds. The van der Waals surface area contributed by atoms with E-state index in [1.807, 2.05) is 13.0 Å². The van der Waals surface area contributed by atoms with Crippen LogP contribution in [0.1, 0.15) is 30.4 Å². The van der Waals surface area contributed by atoms with Crippen molar-refractivity contribution >= 4 is 10.9 Å². The first-order valence-electron chi connectivity index (χ1n) is 9.04. The lowest BCUT2D eigenvalue weighted by Gasteiger charge is -2.45. The van der Waals surface area contributed by atoms with Crippen LogP contribution in [0.15, 0.2) is 36.2 Å². The Kier molecular flexibility index (Phi) is 4.05. The number of hydrogen-bond donors (Lipinski definition) is 0. The minimum absolute atomic E-state index is 0.494. The van der Waals surface area contributed by atoms with Gasteiger partial charge in [0.15, 0.2) is 0 Å². The molecule has 1 aromatic carbocycles. The minimum Gasteiger partial charge on any atom is -0.497 e. The fourth-order valence-corrected chi connectivity index (χ4v) is 4.83. The maximum absolute atomic E-state index is 8.73. The van der Waals surface area contributed by atoms with E-state index in [1.54, 1.807) is 0 Å². The predicted molar refractivity (Wildman–Crippen MR) is 99.2 cm³/mol. The van der Waals surface area contributed by atoms with Gasteiger partial charge < -0.3 is 14.2 Å². The number of ether oxygens (including phenoxy) is 1. The Hall–Kier alpha value is -2.25. The van der Waals surface area contributed by atoms with Crippen molar-refractivity contribution in [2.45, 2.75) is 31.7 Å². The largest absolute Gasteiger partial charge is 0.497 e. The summed E-state index contributed by atoms with van der Waals surface area (Å²) in [6, 6.07) is 9.36. The average Bonchev–Trinajstić information content (AvgIpc) is 2.92. The highest BCUT2D eigenvalue weighted by Gasteiger charge is 2.39. The number of piperidine rings is 1. The van der Waals surface area contributed by atoms with Gasteiger partial charge in [0.1, 0.15) is 5.76 Å². The molecule has 130 valence electrons. The molecule has 1 fully saturated rings. The van der Waals surface area contributed by atoms with Gasteiger partial charge in [-0.1, -0.05) is 12.1 Å². The van der Waals surface area contributed by atoms with E-state index in [0.29, 0.717) is 30.2 Å². The van der Waals surface area contributed by atoms with Gasteiger partial charge in [-0.2, -0.15) is 5.26 Å². The van der Waals surface area contributed by atoms with Crippen LogP contribution in [0.3, 0.4) is 0 Å². The zero-order valence-electron chi connectivity index (χ0n) is 15.2. The summed E-state index contributed by atoms with van der Waals surface area (Å²) in [5.74, 6) is 1.77. The highest BCUT2D eigenvalue weighted by atomic mass is 16.5. The fraction of sp³-hybridized carbons (Fsp3) is 0.476. The van der Waals surface area contributed by atoms with Crippen molar-refractivity contribution in [3.8, 4) is 6.07 Å². The van der Waals surface area contributed by atoms with E-state index in [2.05, 4.69) is 48.0 Å². The lowest BCUT2D eigenvalue weighted by atomic mass is 9.72. The molecule has 2 aliphatic rings. The van der Waals surface area contributed by atoms with Gasteiger partial charge in [-0.25, -0.2) is 0 Å². The lowest BCUT2D eigenvalue weighted by Crippen LogP contribution is -2.48. The zero-order valence-corrected chi connectivity index (χ0v) is 15.2. The normalized spacial score (nSPS) is 26.3. The lowest BCUT2D eigenvalue weighted by molar-refractivity contribution is 0.0637. The predicted octanol–water partition coefficient (Wildman–Crippen LogP) is 3.58. The SMILES string of the molecule is CC(=CC#N)OCC1CC2c3cccc4c3c(cn4C)C[C@H]2N(C)C1. The number of hydrogen-bond acceptors (Lipinski definition) is 3. The molecule has 0 bridgehead atoms. The molecule has 2 unspecified atom stereocenters. The summed E-state index contributed by atoms with van der Waals surface area (Å²) in [6.07, 6.45) is 6.08. The molecule has 1 aliphatic carbocycles. The number of nitrogens with zero attached hydrogens (tertiary/aromatic N) is 3. The van der Waals surface area contributed by atoms with E-state index in [1.165, 1.54) is 28.1 Å². The molecule has 0 radical (unpaired) electrons. The molecule has 3 atom stereocenters. The third kappa shape index (κ3) is 2.73. The number of likely N-dealkylation sites (N-methyl/N-ethyl adjacent to an activating group) is 1. The molecule has 0 spiro atoms. The Labute approximate surface area is 149 Å². The van der Waals surface area contributed by atoms with Crippen LogP contribution >= 0.6 is 0 Å². The number of benzene rings is 1. The molecular weight excluding hydrogens is 310 g/mol. The van der Waals surface area contributed by atoms with Crippen LogP contribution in [-0.2, 0) is 18.2 Å². The number of nitriles is 1. The Bertz CT molecular complexity index is 873. The number of rotatable bonds is 3. The number of fused-ring (bicyclic) bond motifs is 2. The Morgan fingerprint density at radius 2 is 2.24 bits per heavy atom. The van der Waals surface area contributed by atoms with E-state index in [4.69, 9.17) is 10.00 Å². The first-order valence-corrected chi connectivity index (χ1v) is 9.04. The second kappa shape index (κ2) is 6.24. The molecule has 2 heterocycles. The summed E-state index contributed by atoms with van der Waals surface area (Å²) in [6.45, 7) is 3.60. The highest BCUT2D eigenvalue weighted by Crippen LogP contribution is 2.44. The maximum atomic E-state index is 8.73. The first-order chi connectivity index (χ1) is 12.1. The summed E-state index contributed by atoms with van der Waals surface area (Å²) >= 11 is 0. The molecule has 4 rings (SSSR count). The van der Waals surface area contributed by atoms with Gasteiger partial charge in [0, 0.05) is 48.6 Å². The van der Waals surface area contributed by atoms with Crippen LogP contribution in [0, 0.1) is 17.2 Å². The number of aryl methyl sites for hydroxylation is 1. The Morgan fingerprint density at radius 1 is 1.40 bits per heavy atom. The number of allylic oxidation sites excluding steroid dienone is 2. The molecule has 0 saturated carbocycles. The molecular formula is C21H25N3O. The summed E-state index contributed by atoms with van der Waals surface area (Å²) in [5, 5.41) is 10.2. The van der Waals surface area contributed by atoms with Crippen molar-refractivity contribution in [3.63, 3.8) is 0 Å². The molecule has 1 aromatic heterocycles. The van der Waals surface area contributed by atoms with E-state index >= 15 is 0 Å². The molecule has 4 heteroatoms. The Balaban J connectivity index is 1.62. The summed E-state index contributed by atoms with van der Waals surface area (Å²) in [7, 11) is 4.39. The number of aromatic nitrogens is 1. The maximum Gasteiger partial charge on any atom is 0.103 e. The van der Waals surface area contributed by atoms with Gasteiger partial charge in [-0.05, 0) is 44.0 Å². The third-order valence-electron chi connectivity index (χ3n) is 5.93. The molecule has 0 N–H and O–H groups in total. The van der Waals surface area contributed by atoms with Gasteiger partial charge in [-0.3, -0.25) is 0 Å². The topological polar surface area (TPSA) is 41.2 Å². The standard InChI is InChI=1S/C21H25N3O/c1-14(7-8-22)25-13-15-9-18-17-5-4-6-19-21(17)16(12-24(19)3)10-20(18)23(2)11-15/h4-7,12,15,18,20H,9-11,13H2,1-3H3/t15?,18?,20-/m1/s1. The van der Waals surface area contributed by atoms with Gasteiger partial charge in [-0.15, -0.1) is 0 Å². The molecule has 25 heavy (non-hydrogen) atoms. The smallest absolute Gasteiger partial charge is 0.103 e. The van der Waals surface area contributed by atoms with Crippen molar-refractivity contribution in [1.29, 1.82) is 5.26 Å². The second-order valence-corrected chi connectivity index (χ2v) is 7.62. The zero-order chi connectivity index (χ0) is 17.6. The number of likely N-dealkylation sites (tertiary alicyclic amines) is 1. The second-order valence-electron chi connectivity index (χ2n) is 7.62. The van der Waals surface area contributed by atoms with Gasteiger partial charge >= 0.3 is 0 Å². The summed E-state index contributed by atoms with van der Waals surface area (Å²) in [5.41, 5.74) is 4.34. The first kappa shape index (κ1) is 16.2. The van der Waals surface area contributed by atoms with E-state index in [-0.39, 0.29) is 0 Å². The average molecular weight is 335 g/mol. The van der Waals surface area contributed by atoms with Crippen LogP contribution in [0.25, 0.3) is 10.9 Å². The molecule has 4 nitrogen and oxygen atoms in total. The van der Waals surface area contributed by atoms with Gasteiger partial charge in [0.25, 0.3) is 0 Å². The van der Waals surface area contributed by atoms with Crippen molar-refractivity contribution in [3.05, 3.63) is 47.4 Å². The fourth-order valence-electron chi connectivity index (χ4n) is 4.83. The van der Waals surface area contributed by atoms with E-state index in [0.717, 1.165) is 19.4 Å². The monoisotopic (exact) mass is 335 g/mol. The van der Waals surface area contributed by atoms with Crippen molar-refractivity contribution in [1.82, 2.24) is 9.47 Å². The molecule has 2 aromatic rings. The van der Waals surface area contributed by atoms with Crippen molar-refractivity contribution in [2.24, 2.45) is 13.0 Å². The summed E-state index contributed by atoms with van der Waals surface area (Å²) in [4.78, 5) is 2.51. The van der Waals surface area contributed by atoms with Crippen LogP contribution < -0.4 is 0 Å². The highest BCUT2D eigenvalue weighted by molar-refractivity contribution is 5.89.